The molecule has 6 heteroatoms. The molecule has 0 saturated carbocycles. The summed E-state index contributed by atoms with van der Waals surface area (Å²) < 4.78 is 30.4. The van der Waals surface area contributed by atoms with E-state index in [-0.39, 0.29) is 0 Å². The topological polar surface area (TPSA) is 51.1 Å². The molecule has 26 heavy (non-hydrogen) atoms. The highest BCUT2D eigenvalue weighted by molar-refractivity contribution is 7.91. The zero-order valence-electron chi connectivity index (χ0n) is 15.0. The second-order valence-electron chi connectivity index (χ2n) is 5.91. The lowest BCUT2D eigenvalue weighted by Crippen LogP contribution is -2.40. The summed E-state index contributed by atoms with van der Waals surface area (Å²) in [5, 5.41) is 0. The molecule has 2 aromatic carbocycles. The lowest BCUT2D eigenvalue weighted by atomic mass is 10.2. The van der Waals surface area contributed by atoms with Gasteiger partial charge in [-0.15, -0.1) is 4.36 Å². The second-order valence-corrected chi connectivity index (χ2v) is 8.07. The van der Waals surface area contributed by atoms with E-state index in [1.165, 1.54) is 0 Å². The number of hydrogen-bond acceptors (Lipinski definition) is 4. The first kappa shape index (κ1) is 18.5. The molecule has 0 aromatic heterocycles. The van der Waals surface area contributed by atoms with E-state index < -0.39 is 9.92 Å². The summed E-state index contributed by atoms with van der Waals surface area (Å²) in [5.41, 5.74) is 1.91. The van der Waals surface area contributed by atoms with Crippen molar-refractivity contribution >= 4 is 9.92 Å². The van der Waals surface area contributed by atoms with Crippen molar-refractivity contribution in [2.24, 2.45) is 4.36 Å². The molecule has 136 valence electrons. The SMILES string of the molecule is COc1ccc(C#CN=S(=O)(c2ccc(C)cc2)N2CCOCC2)cc1. The van der Waals surface area contributed by atoms with E-state index in [1.807, 2.05) is 59.8 Å². The van der Waals surface area contributed by atoms with Gasteiger partial charge in [0.15, 0.2) is 9.92 Å². The van der Waals surface area contributed by atoms with E-state index >= 15 is 0 Å². The van der Waals surface area contributed by atoms with Gasteiger partial charge in [-0.25, -0.2) is 8.51 Å². The molecule has 0 amide bonds. The maximum absolute atomic E-state index is 13.7. The first-order valence-electron chi connectivity index (χ1n) is 8.42. The Kier molecular flexibility index (Phi) is 5.94. The van der Waals surface area contributed by atoms with Crippen LogP contribution in [-0.2, 0) is 14.7 Å². The summed E-state index contributed by atoms with van der Waals surface area (Å²) in [6.45, 7) is 4.23. The lowest BCUT2D eigenvalue weighted by Gasteiger charge is -2.28. The number of nitrogens with zero attached hydrogens (tertiary/aromatic N) is 2. The number of rotatable bonds is 3. The Hall–Kier alpha value is -2.33. The van der Waals surface area contributed by atoms with E-state index in [0.717, 1.165) is 16.9 Å². The normalized spacial score (nSPS) is 16.8. The lowest BCUT2D eigenvalue weighted by molar-refractivity contribution is 0.0745. The van der Waals surface area contributed by atoms with Gasteiger partial charge in [-0.2, -0.15) is 0 Å². The van der Waals surface area contributed by atoms with Crippen LogP contribution in [0.1, 0.15) is 11.1 Å². The van der Waals surface area contributed by atoms with Gasteiger partial charge in [-0.3, -0.25) is 0 Å². The Morgan fingerprint density at radius 3 is 2.35 bits per heavy atom. The van der Waals surface area contributed by atoms with Gasteiger partial charge >= 0.3 is 0 Å². The molecular weight excluding hydrogens is 348 g/mol. The molecule has 5 nitrogen and oxygen atoms in total. The summed E-state index contributed by atoms with van der Waals surface area (Å²) in [5.74, 6) is 3.73. The van der Waals surface area contributed by atoms with Crippen LogP contribution in [0.5, 0.6) is 5.75 Å². The third-order valence-electron chi connectivity index (χ3n) is 4.11. The number of morpholine rings is 1. The smallest absolute Gasteiger partial charge is 0.152 e. The van der Waals surface area contributed by atoms with Crippen LogP contribution >= 0.6 is 0 Å². The van der Waals surface area contributed by atoms with Gasteiger partial charge in [0.1, 0.15) is 5.75 Å². The van der Waals surface area contributed by atoms with Gasteiger partial charge < -0.3 is 9.47 Å². The van der Waals surface area contributed by atoms with Crippen LogP contribution in [-0.4, -0.2) is 41.9 Å². The minimum atomic E-state index is -2.79. The van der Waals surface area contributed by atoms with Crippen molar-refractivity contribution in [3.8, 4) is 17.7 Å². The van der Waals surface area contributed by atoms with E-state index in [4.69, 9.17) is 9.47 Å². The predicted octanol–water partition coefficient (Wildman–Crippen LogP) is 3.09. The molecular formula is C20H22N2O3S. The van der Waals surface area contributed by atoms with Crippen molar-refractivity contribution in [2.75, 3.05) is 33.4 Å². The fourth-order valence-corrected chi connectivity index (χ4v) is 4.42. The molecule has 1 heterocycles. The molecule has 2 aromatic rings. The van der Waals surface area contributed by atoms with Gasteiger partial charge in [0, 0.05) is 18.7 Å². The molecule has 1 fully saturated rings. The number of benzene rings is 2. The van der Waals surface area contributed by atoms with Crippen molar-refractivity contribution in [3.05, 3.63) is 59.7 Å². The Labute approximate surface area is 155 Å². The van der Waals surface area contributed by atoms with Crippen LogP contribution in [0, 0.1) is 18.9 Å². The van der Waals surface area contributed by atoms with Gasteiger partial charge in [0.25, 0.3) is 0 Å². The zero-order chi connectivity index (χ0) is 18.4. The molecule has 1 aliphatic heterocycles. The highest BCUT2D eigenvalue weighted by Gasteiger charge is 2.24. The maximum Gasteiger partial charge on any atom is 0.152 e. The van der Waals surface area contributed by atoms with Crippen LogP contribution < -0.4 is 4.74 Å². The fourth-order valence-electron chi connectivity index (χ4n) is 2.59. The number of methoxy groups -OCH3 is 1. The Bertz CT molecular complexity index is 912. The molecule has 1 atom stereocenters. The number of aryl methyl sites for hydroxylation is 1. The summed E-state index contributed by atoms with van der Waals surface area (Å²) >= 11 is 0. The summed E-state index contributed by atoms with van der Waals surface area (Å²) in [6, 6.07) is 17.8. The molecule has 1 unspecified atom stereocenters. The summed E-state index contributed by atoms with van der Waals surface area (Å²) in [4.78, 5) is 0.675. The molecule has 0 aliphatic carbocycles. The minimum absolute atomic E-state index is 0.546. The van der Waals surface area contributed by atoms with E-state index in [9.17, 15) is 4.21 Å². The predicted molar refractivity (Wildman–Crippen MR) is 102 cm³/mol. The highest BCUT2D eigenvalue weighted by Crippen LogP contribution is 2.20. The first-order chi connectivity index (χ1) is 12.6. The van der Waals surface area contributed by atoms with E-state index in [1.54, 1.807) is 7.11 Å². The maximum atomic E-state index is 13.7. The van der Waals surface area contributed by atoms with Gasteiger partial charge in [0.05, 0.1) is 31.3 Å². The number of ether oxygens (including phenoxy) is 2. The van der Waals surface area contributed by atoms with E-state index in [0.29, 0.717) is 31.2 Å². The molecule has 1 saturated heterocycles. The van der Waals surface area contributed by atoms with Crippen LogP contribution in [0.3, 0.4) is 0 Å². The van der Waals surface area contributed by atoms with Crippen LogP contribution in [0.25, 0.3) is 0 Å². The van der Waals surface area contributed by atoms with Gasteiger partial charge in [-0.1, -0.05) is 17.7 Å². The van der Waals surface area contributed by atoms with Gasteiger partial charge in [-0.05, 0) is 49.2 Å². The third-order valence-corrected chi connectivity index (χ3v) is 6.40. The Morgan fingerprint density at radius 1 is 1.08 bits per heavy atom. The van der Waals surface area contributed by atoms with Crippen LogP contribution in [0.4, 0.5) is 0 Å². The highest BCUT2D eigenvalue weighted by atomic mass is 32.2. The fraction of sp³-hybridized carbons (Fsp3) is 0.300. The monoisotopic (exact) mass is 370 g/mol. The summed E-state index contributed by atoms with van der Waals surface area (Å²) in [6.07, 6.45) is 0. The van der Waals surface area contributed by atoms with Crippen molar-refractivity contribution in [2.45, 2.75) is 11.8 Å². The molecule has 0 bridgehead atoms. The van der Waals surface area contributed by atoms with Crippen LogP contribution in [0.2, 0.25) is 0 Å². The Balaban J connectivity index is 1.97. The quantitative estimate of drug-likeness (QED) is 0.780. The standard InChI is InChI=1S/C20H22N2O3S/c1-17-3-9-20(10-4-17)26(23,22-13-15-25-16-14-22)21-12-11-18-5-7-19(24-2)8-6-18/h3-10H,13-16H2,1-2H3. The largest absolute Gasteiger partial charge is 0.497 e. The molecule has 0 N–H and O–H groups in total. The molecule has 0 radical (unpaired) electrons. The van der Waals surface area contributed by atoms with Gasteiger partial charge in [0.2, 0.25) is 0 Å². The third kappa shape index (κ3) is 4.25. The van der Waals surface area contributed by atoms with Crippen molar-refractivity contribution in [1.29, 1.82) is 0 Å². The Morgan fingerprint density at radius 2 is 1.73 bits per heavy atom. The molecule has 0 spiro atoms. The number of hydrogen-bond donors (Lipinski definition) is 0. The van der Waals surface area contributed by atoms with Crippen molar-refractivity contribution in [1.82, 2.24) is 4.31 Å². The van der Waals surface area contributed by atoms with Crippen molar-refractivity contribution in [3.63, 3.8) is 0 Å². The average Bonchev–Trinajstić information content (AvgIpc) is 2.69. The zero-order valence-corrected chi connectivity index (χ0v) is 15.8. The molecule has 3 rings (SSSR count). The molecule has 1 aliphatic rings. The second kappa shape index (κ2) is 8.37. The first-order valence-corrected chi connectivity index (χ1v) is 9.90. The van der Waals surface area contributed by atoms with Crippen LogP contribution in [0.15, 0.2) is 57.8 Å². The summed E-state index contributed by atoms with van der Waals surface area (Å²) in [7, 11) is -1.17. The van der Waals surface area contributed by atoms with E-state index in [2.05, 4.69) is 16.3 Å². The van der Waals surface area contributed by atoms with Crippen molar-refractivity contribution < 1.29 is 13.7 Å². The minimum Gasteiger partial charge on any atom is -0.497 e. The average molecular weight is 370 g/mol.